The first kappa shape index (κ1) is 28.0. The summed E-state index contributed by atoms with van der Waals surface area (Å²) in [4.78, 5) is 43.8. The number of halogens is 3. The van der Waals surface area contributed by atoms with Crippen molar-refractivity contribution in [3.05, 3.63) is 74.1 Å². The van der Waals surface area contributed by atoms with Gasteiger partial charge in [-0.15, -0.1) is 0 Å². The Labute approximate surface area is 231 Å². The van der Waals surface area contributed by atoms with E-state index in [0.717, 1.165) is 55.7 Å². The predicted molar refractivity (Wildman–Crippen MR) is 145 cm³/mol. The molecular weight excluding hydrogens is 547 g/mol. The molecule has 1 N–H and O–H groups in total. The number of benzene rings is 2. The summed E-state index contributed by atoms with van der Waals surface area (Å²) in [5.41, 5.74) is -1.75. The van der Waals surface area contributed by atoms with Crippen molar-refractivity contribution in [1.29, 1.82) is 0 Å². The largest absolute Gasteiger partial charge is 0.416 e. The topological polar surface area (TPSA) is 109 Å². The fourth-order valence-electron chi connectivity index (χ4n) is 5.49. The maximum Gasteiger partial charge on any atom is 0.416 e. The summed E-state index contributed by atoms with van der Waals surface area (Å²) in [7, 11) is 0. The van der Waals surface area contributed by atoms with Crippen LogP contribution in [0.25, 0.3) is 10.1 Å². The molecule has 212 valence electrons. The van der Waals surface area contributed by atoms with Crippen LogP contribution in [0.4, 0.5) is 24.0 Å². The average Bonchev–Trinajstić information content (AvgIpc) is 2.93. The lowest BCUT2D eigenvalue weighted by atomic mass is 9.71. The smallest absolute Gasteiger partial charge is 0.351 e. The Hall–Kier alpha value is -3.58. The van der Waals surface area contributed by atoms with Crippen LogP contribution >= 0.6 is 11.3 Å². The number of nitro groups is 1. The number of aromatic nitrogens is 1. The Bertz CT molecular complexity index is 1460. The molecule has 0 atom stereocenters. The molecule has 1 amide bonds. The SMILES string of the molecule is O=C(CN1CCC2(CC1)CCN(c1nc(=O)c3cc(C(F)(F)F)cc([N+](=O)[O-])c3s1)CC2)NCc1ccccc1. The molecule has 13 heteroatoms. The van der Waals surface area contributed by atoms with Crippen LogP contribution in [0.5, 0.6) is 0 Å². The highest BCUT2D eigenvalue weighted by Crippen LogP contribution is 2.43. The number of non-ortho nitro benzene ring substituents is 1. The first-order valence-electron chi connectivity index (χ1n) is 13.0. The van der Waals surface area contributed by atoms with Crippen LogP contribution in [-0.4, -0.2) is 53.4 Å². The molecule has 2 fully saturated rings. The van der Waals surface area contributed by atoms with Gasteiger partial charge in [-0.3, -0.25) is 24.6 Å². The number of nitro benzene ring substituents is 1. The number of nitrogens with one attached hydrogen (secondary N) is 1. The van der Waals surface area contributed by atoms with Gasteiger partial charge in [-0.1, -0.05) is 41.7 Å². The number of nitrogens with zero attached hydrogens (tertiary/aromatic N) is 4. The normalized spacial score (nSPS) is 17.7. The molecule has 0 unspecified atom stereocenters. The maximum absolute atomic E-state index is 13.2. The van der Waals surface area contributed by atoms with Crippen LogP contribution < -0.4 is 15.8 Å². The molecule has 40 heavy (non-hydrogen) atoms. The number of likely N-dealkylation sites (tertiary alicyclic amines) is 1. The molecule has 0 saturated carbocycles. The Morgan fingerprint density at radius 2 is 1.73 bits per heavy atom. The fraction of sp³-hybridized carbons (Fsp3) is 0.444. The summed E-state index contributed by atoms with van der Waals surface area (Å²) in [6.07, 6.45) is -1.30. The number of hydrogen-bond donors (Lipinski definition) is 1. The minimum absolute atomic E-state index is 0.0108. The van der Waals surface area contributed by atoms with Crippen molar-refractivity contribution >= 4 is 38.1 Å². The van der Waals surface area contributed by atoms with Crippen molar-refractivity contribution < 1.29 is 22.9 Å². The molecule has 9 nitrogen and oxygen atoms in total. The molecule has 2 aliphatic heterocycles. The number of rotatable bonds is 6. The standard InChI is InChI=1S/C27H28F3N5O4S/c28-27(29,30)19-14-20-23(21(15-19)35(38)39)40-25(32-24(20)37)34-12-8-26(9-13-34)6-10-33(11-7-26)17-22(36)31-16-18-4-2-1-3-5-18/h1-5,14-15H,6-13,16-17H2,(H,31,36). The highest BCUT2D eigenvalue weighted by Gasteiger charge is 2.39. The summed E-state index contributed by atoms with van der Waals surface area (Å²) >= 11 is 0.880. The quantitative estimate of drug-likeness (QED) is 0.339. The van der Waals surface area contributed by atoms with Gasteiger partial charge in [0.1, 0.15) is 4.70 Å². The molecule has 3 heterocycles. The van der Waals surface area contributed by atoms with Gasteiger partial charge in [0.15, 0.2) is 5.13 Å². The zero-order valence-electron chi connectivity index (χ0n) is 21.6. The highest BCUT2D eigenvalue weighted by molar-refractivity contribution is 7.22. The fourth-order valence-corrected chi connectivity index (χ4v) is 6.61. The maximum atomic E-state index is 13.2. The van der Waals surface area contributed by atoms with Crippen molar-refractivity contribution in [3.63, 3.8) is 0 Å². The molecule has 0 bridgehead atoms. The van der Waals surface area contributed by atoms with Crippen LogP contribution in [-0.2, 0) is 17.5 Å². The first-order valence-corrected chi connectivity index (χ1v) is 13.8. The van der Waals surface area contributed by atoms with E-state index in [1.807, 2.05) is 35.2 Å². The van der Waals surface area contributed by atoms with E-state index in [4.69, 9.17) is 0 Å². The Morgan fingerprint density at radius 1 is 1.07 bits per heavy atom. The van der Waals surface area contributed by atoms with Gasteiger partial charge in [-0.2, -0.15) is 18.2 Å². The van der Waals surface area contributed by atoms with Crippen LogP contribution in [0.2, 0.25) is 0 Å². The second kappa shape index (κ2) is 11.1. The summed E-state index contributed by atoms with van der Waals surface area (Å²) in [5, 5.41) is 14.4. The second-order valence-electron chi connectivity index (χ2n) is 10.5. The number of piperidine rings is 2. The van der Waals surface area contributed by atoms with Crippen molar-refractivity contribution in [2.45, 2.75) is 38.4 Å². The monoisotopic (exact) mass is 575 g/mol. The zero-order chi connectivity index (χ0) is 28.5. The lowest BCUT2D eigenvalue weighted by Gasteiger charge is -2.46. The van der Waals surface area contributed by atoms with Gasteiger partial charge >= 0.3 is 6.18 Å². The number of anilines is 1. The third kappa shape index (κ3) is 6.09. The van der Waals surface area contributed by atoms with Crippen LogP contribution in [0.1, 0.15) is 36.8 Å². The molecule has 0 aliphatic carbocycles. The van der Waals surface area contributed by atoms with E-state index in [-0.39, 0.29) is 21.2 Å². The van der Waals surface area contributed by atoms with Crippen LogP contribution in [0, 0.1) is 15.5 Å². The summed E-state index contributed by atoms with van der Waals surface area (Å²) in [6, 6.07) is 10.8. The van der Waals surface area contributed by atoms with Gasteiger partial charge in [-0.05, 0) is 55.8 Å². The molecule has 1 spiro atoms. The zero-order valence-corrected chi connectivity index (χ0v) is 22.4. The summed E-state index contributed by atoms with van der Waals surface area (Å²) in [5.74, 6) is -0.0108. The highest BCUT2D eigenvalue weighted by atomic mass is 32.1. The predicted octanol–water partition coefficient (Wildman–Crippen LogP) is 4.58. The third-order valence-electron chi connectivity index (χ3n) is 7.93. The van der Waals surface area contributed by atoms with Crippen molar-refractivity contribution in [3.8, 4) is 0 Å². The number of amides is 1. The number of hydrogen-bond acceptors (Lipinski definition) is 8. The van der Waals surface area contributed by atoms with Crippen molar-refractivity contribution in [1.82, 2.24) is 15.2 Å². The van der Waals surface area contributed by atoms with E-state index >= 15 is 0 Å². The molecule has 2 aliphatic rings. The lowest BCUT2D eigenvalue weighted by molar-refractivity contribution is -0.383. The number of alkyl halides is 3. The van der Waals surface area contributed by atoms with Gasteiger partial charge in [0.05, 0.1) is 22.4 Å². The van der Waals surface area contributed by atoms with Gasteiger partial charge in [0.2, 0.25) is 5.91 Å². The van der Waals surface area contributed by atoms with E-state index in [2.05, 4.69) is 15.2 Å². The Morgan fingerprint density at radius 3 is 2.35 bits per heavy atom. The Balaban J connectivity index is 1.20. The molecule has 2 aromatic carbocycles. The molecule has 0 radical (unpaired) electrons. The lowest BCUT2D eigenvalue weighted by Crippen LogP contribution is -2.49. The van der Waals surface area contributed by atoms with E-state index in [0.29, 0.717) is 38.3 Å². The van der Waals surface area contributed by atoms with Gasteiger partial charge in [0.25, 0.3) is 11.2 Å². The minimum atomic E-state index is -4.82. The summed E-state index contributed by atoms with van der Waals surface area (Å²) < 4.78 is 39.6. The number of carbonyl (C=O) groups is 1. The summed E-state index contributed by atoms with van der Waals surface area (Å²) in [6.45, 7) is 3.61. The average molecular weight is 576 g/mol. The number of fused-ring (bicyclic) bond motifs is 1. The van der Waals surface area contributed by atoms with Crippen molar-refractivity contribution in [2.24, 2.45) is 5.41 Å². The second-order valence-corrected chi connectivity index (χ2v) is 11.4. The van der Waals surface area contributed by atoms with E-state index < -0.39 is 33.3 Å². The first-order chi connectivity index (χ1) is 19.0. The minimum Gasteiger partial charge on any atom is -0.351 e. The Kier molecular flexibility index (Phi) is 7.78. The van der Waals surface area contributed by atoms with Crippen molar-refractivity contribution in [2.75, 3.05) is 37.6 Å². The van der Waals surface area contributed by atoms with E-state index in [1.165, 1.54) is 0 Å². The number of carbonyl (C=O) groups excluding carboxylic acids is 1. The van der Waals surface area contributed by atoms with Gasteiger partial charge in [-0.25, -0.2) is 0 Å². The molecule has 2 saturated heterocycles. The van der Waals surface area contributed by atoms with Gasteiger partial charge in [0, 0.05) is 25.7 Å². The molecular formula is C27H28F3N5O4S. The third-order valence-corrected chi connectivity index (χ3v) is 9.09. The van der Waals surface area contributed by atoms with Crippen LogP contribution in [0.3, 0.4) is 0 Å². The van der Waals surface area contributed by atoms with E-state index in [1.54, 1.807) is 0 Å². The van der Waals surface area contributed by atoms with Crippen LogP contribution in [0.15, 0.2) is 47.3 Å². The molecule has 5 rings (SSSR count). The molecule has 1 aromatic heterocycles. The van der Waals surface area contributed by atoms with E-state index in [9.17, 15) is 32.9 Å². The molecule has 3 aromatic rings. The van der Waals surface area contributed by atoms with Gasteiger partial charge < -0.3 is 10.2 Å².